The van der Waals surface area contributed by atoms with Crippen LogP contribution >= 0.6 is 0 Å². The molecule has 0 radical (unpaired) electrons. The van der Waals surface area contributed by atoms with Crippen LogP contribution in [0, 0.1) is 0 Å². The molecule has 0 aliphatic rings. The summed E-state index contributed by atoms with van der Waals surface area (Å²) >= 11 is 0. The average Bonchev–Trinajstić information content (AvgIpc) is 2.15. The molecule has 0 saturated heterocycles. The first-order valence-electron chi connectivity index (χ1n) is 5.02. The highest BCUT2D eigenvalue weighted by Gasteiger charge is 2.00. The summed E-state index contributed by atoms with van der Waals surface area (Å²) in [5.74, 6) is -0.421. The molecule has 15 heavy (non-hydrogen) atoms. The zero-order valence-corrected chi connectivity index (χ0v) is 10.1. The minimum absolute atomic E-state index is 0.421. The summed E-state index contributed by atoms with van der Waals surface area (Å²) in [5.41, 5.74) is 0.996. The zero-order valence-electron chi connectivity index (χ0n) is 10.1. The molecule has 0 aromatic heterocycles. The van der Waals surface area contributed by atoms with Gasteiger partial charge in [-0.25, -0.2) is 4.39 Å². The topological polar surface area (TPSA) is 6.48 Å². The van der Waals surface area contributed by atoms with Gasteiger partial charge in [0.1, 0.15) is 5.83 Å². The lowest BCUT2D eigenvalue weighted by molar-refractivity contribution is 0.330. The Morgan fingerprint density at radius 1 is 1.20 bits per heavy atom. The summed E-state index contributed by atoms with van der Waals surface area (Å²) in [4.78, 5) is 4.20. The maximum atomic E-state index is 12.4. The lowest BCUT2D eigenvalue weighted by atomic mass is 10.3. The molecule has 0 aliphatic carbocycles. The fraction of sp³-hybridized carbons (Fsp3) is 0.500. The first-order chi connectivity index (χ1) is 6.97. The fourth-order valence-electron chi connectivity index (χ4n) is 1.10. The second kappa shape index (κ2) is 7.23. The molecule has 0 aromatic carbocycles. The van der Waals surface area contributed by atoms with E-state index >= 15 is 0 Å². The highest BCUT2D eigenvalue weighted by Crippen LogP contribution is 2.05. The molecule has 0 aliphatic heterocycles. The van der Waals surface area contributed by atoms with Crippen molar-refractivity contribution in [2.75, 3.05) is 34.2 Å². The van der Waals surface area contributed by atoms with E-state index in [4.69, 9.17) is 0 Å². The second-order valence-corrected chi connectivity index (χ2v) is 3.72. The van der Waals surface area contributed by atoms with Gasteiger partial charge in [-0.1, -0.05) is 12.7 Å². The van der Waals surface area contributed by atoms with Crippen LogP contribution in [0.3, 0.4) is 0 Å². The van der Waals surface area contributed by atoms with Crippen molar-refractivity contribution in [1.82, 2.24) is 9.80 Å². The lowest BCUT2D eigenvalue weighted by Crippen LogP contribution is -2.27. The molecule has 2 nitrogen and oxygen atoms in total. The third-order valence-electron chi connectivity index (χ3n) is 2.05. The van der Waals surface area contributed by atoms with Crippen molar-refractivity contribution in [3.63, 3.8) is 0 Å². The van der Waals surface area contributed by atoms with Crippen molar-refractivity contribution in [2.45, 2.75) is 6.92 Å². The first kappa shape index (κ1) is 13.9. The van der Waals surface area contributed by atoms with Crippen LogP contribution in [0.4, 0.5) is 4.39 Å². The predicted molar refractivity (Wildman–Crippen MR) is 64.3 cm³/mol. The summed E-state index contributed by atoms with van der Waals surface area (Å²) < 4.78 is 12.4. The Labute approximate surface area is 92.4 Å². The molecule has 0 unspecified atom stereocenters. The number of halogens is 1. The van der Waals surface area contributed by atoms with Crippen molar-refractivity contribution in [2.24, 2.45) is 0 Å². The fourth-order valence-corrected chi connectivity index (χ4v) is 1.10. The van der Waals surface area contributed by atoms with Gasteiger partial charge in [0.05, 0.1) is 0 Å². The van der Waals surface area contributed by atoms with Gasteiger partial charge in [-0.2, -0.15) is 0 Å². The average molecular weight is 212 g/mol. The predicted octanol–water partition coefficient (Wildman–Crippen LogP) is 2.42. The molecule has 0 rings (SSSR count). The molecule has 0 heterocycles. The van der Waals surface area contributed by atoms with Crippen LogP contribution in [0.1, 0.15) is 6.92 Å². The van der Waals surface area contributed by atoms with E-state index in [9.17, 15) is 4.39 Å². The Balaban J connectivity index is 4.24. The highest BCUT2D eigenvalue weighted by atomic mass is 19.1. The van der Waals surface area contributed by atoms with Crippen LogP contribution in [0.15, 0.2) is 36.3 Å². The summed E-state index contributed by atoms with van der Waals surface area (Å²) in [7, 11) is 6.05. The third-order valence-corrected chi connectivity index (χ3v) is 2.05. The van der Waals surface area contributed by atoms with E-state index in [0.717, 1.165) is 18.8 Å². The van der Waals surface area contributed by atoms with E-state index in [0.29, 0.717) is 0 Å². The number of likely N-dealkylation sites (N-methyl/N-ethyl adjacent to an activating group) is 2. The van der Waals surface area contributed by atoms with Gasteiger partial charge >= 0.3 is 0 Å². The molecule has 0 saturated carbocycles. The first-order valence-corrected chi connectivity index (χ1v) is 5.02. The Morgan fingerprint density at radius 2 is 1.80 bits per heavy atom. The summed E-state index contributed by atoms with van der Waals surface area (Å²) in [6.07, 6.45) is 5.06. The molecule has 0 bridgehead atoms. The minimum Gasteiger partial charge on any atom is -0.374 e. The monoisotopic (exact) mass is 212 g/mol. The number of rotatable bonds is 6. The van der Waals surface area contributed by atoms with Crippen molar-refractivity contribution in [1.29, 1.82) is 0 Å². The Morgan fingerprint density at radius 3 is 2.20 bits per heavy atom. The van der Waals surface area contributed by atoms with Gasteiger partial charge in [0.15, 0.2) is 0 Å². The van der Waals surface area contributed by atoms with Crippen molar-refractivity contribution >= 4 is 0 Å². The molecule has 3 heteroatoms. The van der Waals surface area contributed by atoms with Crippen LogP contribution in [0.2, 0.25) is 0 Å². The van der Waals surface area contributed by atoms with E-state index in [-0.39, 0.29) is 0 Å². The number of nitrogens with zero attached hydrogens (tertiary/aromatic N) is 2. The SMILES string of the molecule is C=C(F)/C=C\C(=C/C)N(C)CCN(C)C. The highest BCUT2D eigenvalue weighted by molar-refractivity contribution is 5.21. The number of allylic oxidation sites excluding steroid dienone is 4. The van der Waals surface area contributed by atoms with E-state index in [1.807, 2.05) is 34.1 Å². The van der Waals surface area contributed by atoms with Gasteiger partial charge < -0.3 is 9.80 Å². The molecule has 0 N–H and O–H groups in total. The van der Waals surface area contributed by atoms with Crippen LogP contribution in [-0.2, 0) is 0 Å². The van der Waals surface area contributed by atoms with Gasteiger partial charge in [-0.15, -0.1) is 0 Å². The Kier molecular flexibility index (Phi) is 6.71. The molecule has 0 fully saturated rings. The van der Waals surface area contributed by atoms with Gasteiger partial charge in [-0.3, -0.25) is 0 Å². The molecular formula is C12H21FN2. The van der Waals surface area contributed by atoms with Gasteiger partial charge in [0.25, 0.3) is 0 Å². The number of hydrogen-bond acceptors (Lipinski definition) is 2. The van der Waals surface area contributed by atoms with Crippen molar-refractivity contribution < 1.29 is 4.39 Å². The van der Waals surface area contributed by atoms with E-state index in [1.165, 1.54) is 6.08 Å². The van der Waals surface area contributed by atoms with Crippen LogP contribution in [0.25, 0.3) is 0 Å². The summed E-state index contributed by atoms with van der Waals surface area (Å²) in [6.45, 7) is 7.01. The van der Waals surface area contributed by atoms with Crippen molar-refractivity contribution in [3.8, 4) is 0 Å². The third kappa shape index (κ3) is 6.91. The largest absolute Gasteiger partial charge is 0.374 e. The van der Waals surface area contributed by atoms with Gasteiger partial charge in [-0.05, 0) is 33.2 Å². The van der Waals surface area contributed by atoms with E-state index in [2.05, 4.69) is 16.4 Å². The van der Waals surface area contributed by atoms with Gasteiger partial charge in [0, 0.05) is 25.8 Å². The van der Waals surface area contributed by atoms with E-state index in [1.54, 1.807) is 6.08 Å². The molecule has 86 valence electrons. The molecule has 0 atom stereocenters. The maximum absolute atomic E-state index is 12.4. The van der Waals surface area contributed by atoms with Crippen LogP contribution in [0.5, 0.6) is 0 Å². The second-order valence-electron chi connectivity index (χ2n) is 3.72. The quantitative estimate of drug-likeness (QED) is 0.624. The maximum Gasteiger partial charge on any atom is 0.116 e. The molecule has 0 amide bonds. The number of hydrogen-bond donors (Lipinski definition) is 0. The molecule has 0 aromatic rings. The van der Waals surface area contributed by atoms with Gasteiger partial charge in [0.2, 0.25) is 0 Å². The smallest absolute Gasteiger partial charge is 0.116 e. The molecular weight excluding hydrogens is 191 g/mol. The molecule has 0 spiro atoms. The summed E-state index contributed by atoms with van der Waals surface area (Å²) in [6, 6.07) is 0. The zero-order chi connectivity index (χ0) is 11.8. The Hall–Kier alpha value is -1.09. The Bertz CT molecular complexity index is 254. The van der Waals surface area contributed by atoms with Crippen LogP contribution in [-0.4, -0.2) is 44.0 Å². The normalized spacial score (nSPS) is 12.5. The van der Waals surface area contributed by atoms with Crippen LogP contribution < -0.4 is 0 Å². The minimum atomic E-state index is -0.421. The standard InChI is InChI=1S/C12H21FN2/c1-6-12(8-7-11(2)13)15(5)10-9-14(3)4/h6-8H,2,9-10H2,1,3-5H3/b8-7-,12-6+. The lowest BCUT2D eigenvalue weighted by Gasteiger charge is -2.22. The summed E-state index contributed by atoms with van der Waals surface area (Å²) in [5, 5.41) is 0. The van der Waals surface area contributed by atoms with E-state index < -0.39 is 5.83 Å². The van der Waals surface area contributed by atoms with Crippen molar-refractivity contribution in [3.05, 3.63) is 36.3 Å².